The van der Waals surface area contributed by atoms with E-state index in [9.17, 15) is 0 Å². The standard InChI is InChI=1S/C16H22ClN3/c1-10(2)20-14(18)13(19-15(20)16(3,4)5)11-7-6-8-12(17)9-11/h6-10H,18H2,1-5H3. The molecular weight excluding hydrogens is 270 g/mol. The summed E-state index contributed by atoms with van der Waals surface area (Å²) in [5.74, 6) is 1.70. The van der Waals surface area contributed by atoms with E-state index < -0.39 is 0 Å². The predicted octanol–water partition coefficient (Wildman–Crippen LogP) is 4.66. The van der Waals surface area contributed by atoms with Crippen molar-refractivity contribution in [3.63, 3.8) is 0 Å². The number of rotatable bonds is 2. The molecule has 0 bridgehead atoms. The quantitative estimate of drug-likeness (QED) is 0.874. The zero-order valence-electron chi connectivity index (χ0n) is 12.7. The monoisotopic (exact) mass is 291 g/mol. The Kier molecular flexibility index (Phi) is 3.83. The Morgan fingerprint density at radius 3 is 2.35 bits per heavy atom. The Morgan fingerprint density at radius 1 is 1.25 bits per heavy atom. The lowest BCUT2D eigenvalue weighted by Gasteiger charge is -2.22. The maximum Gasteiger partial charge on any atom is 0.131 e. The molecular formula is C16H22ClN3. The van der Waals surface area contributed by atoms with Crippen molar-refractivity contribution < 1.29 is 0 Å². The first-order valence-corrected chi connectivity index (χ1v) is 7.23. The summed E-state index contributed by atoms with van der Waals surface area (Å²) in [5, 5.41) is 0.693. The van der Waals surface area contributed by atoms with E-state index in [1.54, 1.807) is 0 Å². The molecule has 108 valence electrons. The van der Waals surface area contributed by atoms with Crippen LogP contribution in [0.5, 0.6) is 0 Å². The minimum absolute atomic E-state index is 0.0603. The number of anilines is 1. The number of imidazole rings is 1. The van der Waals surface area contributed by atoms with Gasteiger partial charge >= 0.3 is 0 Å². The summed E-state index contributed by atoms with van der Waals surface area (Å²) < 4.78 is 2.11. The summed E-state index contributed by atoms with van der Waals surface area (Å²) in [6, 6.07) is 7.93. The van der Waals surface area contributed by atoms with Crippen LogP contribution in [-0.4, -0.2) is 9.55 Å². The van der Waals surface area contributed by atoms with Gasteiger partial charge in [0.1, 0.15) is 17.3 Å². The average molecular weight is 292 g/mol. The zero-order chi connectivity index (χ0) is 15.1. The Hall–Kier alpha value is -1.48. The number of aromatic nitrogens is 2. The molecule has 0 atom stereocenters. The summed E-state index contributed by atoms with van der Waals surface area (Å²) >= 11 is 6.07. The van der Waals surface area contributed by atoms with E-state index in [0.29, 0.717) is 10.8 Å². The van der Waals surface area contributed by atoms with Crippen molar-refractivity contribution in [2.75, 3.05) is 5.73 Å². The van der Waals surface area contributed by atoms with Crippen molar-refractivity contribution in [1.29, 1.82) is 0 Å². The highest BCUT2D eigenvalue weighted by Crippen LogP contribution is 2.34. The highest BCUT2D eigenvalue weighted by atomic mass is 35.5. The number of nitrogens with zero attached hydrogens (tertiary/aromatic N) is 2. The van der Waals surface area contributed by atoms with Gasteiger partial charge in [-0.2, -0.15) is 0 Å². The summed E-state index contributed by atoms with van der Waals surface area (Å²) in [4.78, 5) is 4.79. The summed E-state index contributed by atoms with van der Waals surface area (Å²) in [7, 11) is 0. The van der Waals surface area contributed by atoms with Crippen LogP contribution in [0.3, 0.4) is 0 Å². The molecule has 1 heterocycles. The Balaban J connectivity index is 2.68. The molecule has 0 aliphatic rings. The number of hydrogen-bond donors (Lipinski definition) is 1. The molecule has 20 heavy (non-hydrogen) atoms. The highest BCUT2D eigenvalue weighted by molar-refractivity contribution is 6.30. The lowest BCUT2D eigenvalue weighted by Crippen LogP contribution is -2.21. The van der Waals surface area contributed by atoms with Crippen LogP contribution in [0.2, 0.25) is 5.02 Å². The third-order valence-electron chi connectivity index (χ3n) is 3.23. The Morgan fingerprint density at radius 2 is 1.90 bits per heavy atom. The van der Waals surface area contributed by atoms with Gasteiger partial charge in [-0.1, -0.05) is 44.5 Å². The SMILES string of the molecule is CC(C)n1c(C(C)(C)C)nc(-c2cccc(Cl)c2)c1N. The Labute approximate surface area is 125 Å². The van der Waals surface area contributed by atoms with Gasteiger partial charge in [-0.15, -0.1) is 0 Å². The molecule has 2 N–H and O–H groups in total. The second-order valence-electron chi connectivity index (χ2n) is 6.39. The number of nitrogen functional groups attached to an aromatic ring is 1. The molecule has 0 saturated carbocycles. The minimum Gasteiger partial charge on any atom is -0.383 e. The van der Waals surface area contributed by atoms with Crippen molar-refractivity contribution in [2.24, 2.45) is 0 Å². The van der Waals surface area contributed by atoms with Gasteiger partial charge in [0.2, 0.25) is 0 Å². The molecule has 0 aliphatic heterocycles. The highest BCUT2D eigenvalue weighted by Gasteiger charge is 2.26. The van der Waals surface area contributed by atoms with E-state index in [2.05, 4.69) is 39.2 Å². The van der Waals surface area contributed by atoms with Crippen molar-refractivity contribution in [2.45, 2.75) is 46.1 Å². The fourth-order valence-electron chi connectivity index (χ4n) is 2.35. The van der Waals surface area contributed by atoms with Gasteiger partial charge in [0.25, 0.3) is 0 Å². The van der Waals surface area contributed by atoms with Crippen LogP contribution >= 0.6 is 11.6 Å². The van der Waals surface area contributed by atoms with Gasteiger partial charge < -0.3 is 10.3 Å². The van der Waals surface area contributed by atoms with Gasteiger partial charge in [0, 0.05) is 22.0 Å². The second-order valence-corrected chi connectivity index (χ2v) is 6.83. The number of benzene rings is 1. The molecule has 0 radical (unpaired) electrons. The number of halogens is 1. The number of hydrogen-bond acceptors (Lipinski definition) is 2. The molecule has 0 saturated heterocycles. The van der Waals surface area contributed by atoms with Gasteiger partial charge in [-0.25, -0.2) is 4.98 Å². The van der Waals surface area contributed by atoms with Crippen molar-refractivity contribution in [1.82, 2.24) is 9.55 Å². The first-order chi connectivity index (χ1) is 9.21. The van der Waals surface area contributed by atoms with Crippen LogP contribution in [0.1, 0.15) is 46.5 Å². The molecule has 0 spiro atoms. The molecule has 1 aromatic heterocycles. The lowest BCUT2D eigenvalue weighted by atomic mass is 9.95. The zero-order valence-corrected chi connectivity index (χ0v) is 13.5. The van der Waals surface area contributed by atoms with Crippen molar-refractivity contribution >= 4 is 17.4 Å². The van der Waals surface area contributed by atoms with Gasteiger partial charge in [0.15, 0.2) is 0 Å². The van der Waals surface area contributed by atoms with E-state index in [-0.39, 0.29) is 11.5 Å². The fourth-order valence-corrected chi connectivity index (χ4v) is 2.54. The van der Waals surface area contributed by atoms with E-state index in [1.807, 2.05) is 24.3 Å². The van der Waals surface area contributed by atoms with Crippen LogP contribution < -0.4 is 5.73 Å². The van der Waals surface area contributed by atoms with Gasteiger partial charge in [-0.3, -0.25) is 0 Å². The van der Waals surface area contributed by atoms with Crippen LogP contribution in [-0.2, 0) is 5.41 Å². The van der Waals surface area contributed by atoms with Crippen LogP contribution in [0, 0.1) is 0 Å². The molecule has 0 amide bonds. The van der Waals surface area contributed by atoms with Crippen LogP contribution in [0.4, 0.5) is 5.82 Å². The summed E-state index contributed by atoms with van der Waals surface area (Å²) in [6.07, 6.45) is 0. The maximum atomic E-state index is 6.34. The molecule has 3 nitrogen and oxygen atoms in total. The van der Waals surface area contributed by atoms with E-state index in [4.69, 9.17) is 22.3 Å². The Bertz CT molecular complexity index is 621. The van der Waals surface area contributed by atoms with Crippen LogP contribution in [0.25, 0.3) is 11.3 Å². The summed E-state index contributed by atoms with van der Waals surface area (Å²) in [6.45, 7) is 10.7. The van der Waals surface area contributed by atoms with E-state index >= 15 is 0 Å². The first kappa shape index (κ1) is 14.9. The molecule has 2 rings (SSSR count). The molecule has 1 aromatic carbocycles. The summed E-state index contributed by atoms with van der Waals surface area (Å²) in [5.41, 5.74) is 8.05. The van der Waals surface area contributed by atoms with Gasteiger partial charge in [-0.05, 0) is 26.0 Å². The van der Waals surface area contributed by atoms with E-state index in [1.165, 1.54) is 0 Å². The normalized spacial score (nSPS) is 12.2. The molecule has 0 fully saturated rings. The predicted molar refractivity (Wildman–Crippen MR) is 86.2 cm³/mol. The lowest BCUT2D eigenvalue weighted by molar-refractivity contribution is 0.473. The third-order valence-corrected chi connectivity index (χ3v) is 3.47. The largest absolute Gasteiger partial charge is 0.383 e. The van der Waals surface area contributed by atoms with Crippen LogP contribution in [0.15, 0.2) is 24.3 Å². The minimum atomic E-state index is -0.0603. The van der Waals surface area contributed by atoms with Gasteiger partial charge in [0.05, 0.1) is 0 Å². The maximum absolute atomic E-state index is 6.34. The fraction of sp³-hybridized carbons (Fsp3) is 0.438. The average Bonchev–Trinajstić information content (AvgIpc) is 2.66. The van der Waals surface area contributed by atoms with Crippen molar-refractivity contribution in [3.8, 4) is 11.3 Å². The molecule has 4 heteroatoms. The van der Waals surface area contributed by atoms with E-state index in [0.717, 1.165) is 17.1 Å². The molecule has 0 unspecified atom stereocenters. The molecule has 2 aromatic rings. The smallest absolute Gasteiger partial charge is 0.131 e. The third kappa shape index (κ3) is 2.68. The topological polar surface area (TPSA) is 43.8 Å². The first-order valence-electron chi connectivity index (χ1n) is 6.86. The second kappa shape index (κ2) is 5.13. The number of nitrogens with two attached hydrogens (primary N) is 1. The van der Waals surface area contributed by atoms with Crippen molar-refractivity contribution in [3.05, 3.63) is 35.1 Å². The molecule has 0 aliphatic carbocycles.